The molecule has 3 heteroatoms. The minimum atomic E-state index is -0.344. The third-order valence-corrected chi connectivity index (χ3v) is 3.68. The van der Waals surface area contributed by atoms with Gasteiger partial charge in [-0.3, -0.25) is 10.1 Å². The van der Waals surface area contributed by atoms with Crippen molar-refractivity contribution in [1.82, 2.24) is 0 Å². The number of nitrogens with zero attached hydrogens (tertiary/aromatic N) is 1. The van der Waals surface area contributed by atoms with Crippen LogP contribution in [0.3, 0.4) is 0 Å². The largest absolute Gasteiger partial charge is 0.269 e. The first-order valence-corrected chi connectivity index (χ1v) is 5.43. The van der Waals surface area contributed by atoms with E-state index in [1.165, 1.54) is 24.8 Å². The number of nitro benzene ring substituents is 1. The van der Waals surface area contributed by atoms with Crippen molar-refractivity contribution in [3.8, 4) is 0 Å². The summed E-state index contributed by atoms with van der Waals surface area (Å²) in [6, 6.07) is 7.07. The summed E-state index contributed by atoms with van der Waals surface area (Å²) in [5.41, 5.74) is 1.76. The average Bonchev–Trinajstić information content (AvgIpc) is 2.18. The summed E-state index contributed by atoms with van der Waals surface area (Å²) in [6.45, 7) is 2.20. The fourth-order valence-electron chi connectivity index (χ4n) is 2.39. The van der Waals surface area contributed by atoms with Crippen LogP contribution in [0.25, 0.3) is 0 Å². The second kappa shape index (κ2) is 3.65. The van der Waals surface area contributed by atoms with Crippen LogP contribution < -0.4 is 0 Å². The first-order chi connectivity index (χ1) is 7.18. The molecule has 1 aromatic carbocycles. The molecule has 0 unspecified atom stereocenters. The van der Waals surface area contributed by atoms with E-state index in [4.69, 9.17) is 0 Å². The highest BCUT2D eigenvalue weighted by Gasteiger charge is 2.36. The summed E-state index contributed by atoms with van der Waals surface area (Å²) >= 11 is 0. The van der Waals surface area contributed by atoms with E-state index in [9.17, 15) is 10.1 Å². The van der Waals surface area contributed by atoms with Crippen molar-refractivity contribution in [2.24, 2.45) is 0 Å². The highest BCUT2D eigenvalue weighted by atomic mass is 16.6. The van der Waals surface area contributed by atoms with Gasteiger partial charge < -0.3 is 0 Å². The van der Waals surface area contributed by atoms with Gasteiger partial charge in [0.1, 0.15) is 0 Å². The molecule has 0 spiro atoms. The van der Waals surface area contributed by atoms with Crippen molar-refractivity contribution in [2.75, 3.05) is 0 Å². The van der Waals surface area contributed by atoms with Crippen LogP contribution in [0.15, 0.2) is 24.3 Å². The van der Waals surface area contributed by atoms with Crippen LogP contribution in [0.5, 0.6) is 0 Å². The molecule has 15 heavy (non-hydrogen) atoms. The number of rotatable bonds is 3. The Morgan fingerprint density at radius 2 is 1.93 bits per heavy atom. The maximum atomic E-state index is 10.5. The van der Waals surface area contributed by atoms with E-state index in [0.717, 1.165) is 6.42 Å². The van der Waals surface area contributed by atoms with E-state index in [2.05, 4.69) is 6.92 Å². The Balaban J connectivity index is 2.26. The Morgan fingerprint density at radius 3 is 2.27 bits per heavy atom. The first-order valence-electron chi connectivity index (χ1n) is 5.43. The lowest BCUT2D eigenvalue weighted by atomic mass is 9.63. The quantitative estimate of drug-likeness (QED) is 0.560. The molecule has 0 atom stereocenters. The van der Waals surface area contributed by atoms with Crippen molar-refractivity contribution in [3.05, 3.63) is 39.9 Å². The molecule has 0 aliphatic heterocycles. The molecule has 0 bridgehead atoms. The van der Waals surface area contributed by atoms with Crippen molar-refractivity contribution in [1.29, 1.82) is 0 Å². The average molecular weight is 205 g/mol. The molecule has 0 aromatic heterocycles. The van der Waals surface area contributed by atoms with Gasteiger partial charge in [-0.05, 0) is 30.2 Å². The van der Waals surface area contributed by atoms with Gasteiger partial charge in [-0.15, -0.1) is 0 Å². The molecular formula is C12H15NO2. The van der Waals surface area contributed by atoms with Gasteiger partial charge in [-0.2, -0.15) is 0 Å². The summed E-state index contributed by atoms with van der Waals surface area (Å²) < 4.78 is 0. The number of hydrogen-bond donors (Lipinski definition) is 0. The Bertz CT molecular complexity index is 360. The maximum absolute atomic E-state index is 10.5. The van der Waals surface area contributed by atoms with Crippen LogP contribution in [0.1, 0.15) is 38.2 Å². The van der Waals surface area contributed by atoms with Crippen LogP contribution >= 0.6 is 0 Å². The zero-order valence-corrected chi connectivity index (χ0v) is 8.90. The summed E-state index contributed by atoms with van der Waals surface area (Å²) in [7, 11) is 0. The monoisotopic (exact) mass is 205 g/mol. The molecule has 1 aromatic rings. The predicted molar refractivity (Wildman–Crippen MR) is 58.9 cm³/mol. The Kier molecular flexibility index (Phi) is 2.47. The minimum Gasteiger partial charge on any atom is -0.258 e. The van der Waals surface area contributed by atoms with Gasteiger partial charge in [0.05, 0.1) is 4.92 Å². The van der Waals surface area contributed by atoms with Gasteiger partial charge in [0, 0.05) is 12.1 Å². The van der Waals surface area contributed by atoms with Gasteiger partial charge in [0.2, 0.25) is 0 Å². The standard InChI is InChI=1S/C12H15NO2/c1-2-12(8-3-9-12)10-4-6-11(7-5-10)13(14)15/h4-7H,2-3,8-9H2,1H3. The lowest BCUT2D eigenvalue weighted by Gasteiger charge is -2.41. The van der Waals surface area contributed by atoms with Gasteiger partial charge >= 0.3 is 0 Å². The summed E-state index contributed by atoms with van der Waals surface area (Å²) in [5, 5.41) is 10.5. The minimum absolute atomic E-state index is 0.185. The lowest BCUT2D eigenvalue weighted by molar-refractivity contribution is -0.384. The van der Waals surface area contributed by atoms with Crippen molar-refractivity contribution >= 4 is 5.69 Å². The van der Waals surface area contributed by atoms with E-state index >= 15 is 0 Å². The molecule has 2 rings (SSSR count). The van der Waals surface area contributed by atoms with Gasteiger partial charge in [-0.1, -0.05) is 25.5 Å². The molecular weight excluding hydrogens is 190 g/mol. The normalized spacial score (nSPS) is 18.2. The van der Waals surface area contributed by atoms with Gasteiger partial charge in [0.25, 0.3) is 5.69 Å². The molecule has 0 N–H and O–H groups in total. The molecule has 1 saturated carbocycles. The van der Waals surface area contributed by atoms with Gasteiger partial charge in [0.15, 0.2) is 0 Å². The number of non-ortho nitro benzene ring substituents is 1. The molecule has 0 radical (unpaired) electrons. The Morgan fingerprint density at radius 1 is 1.33 bits per heavy atom. The second-order valence-corrected chi connectivity index (χ2v) is 4.29. The second-order valence-electron chi connectivity index (χ2n) is 4.29. The number of nitro groups is 1. The van der Waals surface area contributed by atoms with E-state index in [1.54, 1.807) is 12.1 Å². The van der Waals surface area contributed by atoms with Crippen LogP contribution in [0.4, 0.5) is 5.69 Å². The summed E-state index contributed by atoms with van der Waals surface area (Å²) in [6.07, 6.45) is 4.86. The Hall–Kier alpha value is -1.38. The molecule has 0 heterocycles. The smallest absolute Gasteiger partial charge is 0.258 e. The highest BCUT2D eigenvalue weighted by Crippen LogP contribution is 2.46. The maximum Gasteiger partial charge on any atom is 0.269 e. The summed E-state index contributed by atoms with van der Waals surface area (Å²) in [4.78, 5) is 10.2. The van der Waals surface area contributed by atoms with Crippen LogP contribution in [0.2, 0.25) is 0 Å². The van der Waals surface area contributed by atoms with Crippen molar-refractivity contribution in [2.45, 2.75) is 38.0 Å². The predicted octanol–water partition coefficient (Wildman–Crippen LogP) is 3.43. The highest BCUT2D eigenvalue weighted by molar-refractivity contribution is 5.37. The van der Waals surface area contributed by atoms with Crippen LogP contribution in [-0.2, 0) is 5.41 Å². The fourth-order valence-corrected chi connectivity index (χ4v) is 2.39. The third kappa shape index (κ3) is 1.62. The van der Waals surface area contributed by atoms with Gasteiger partial charge in [-0.25, -0.2) is 0 Å². The Labute approximate surface area is 89.3 Å². The van der Waals surface area contributed by atoms with Crippen LogP contribution in [0, 0.1) is 10.1 Å². The SMILES string of the molecule is CCC1(c2ccc([N+](=O)[O-])cc2)CCC1. The molecule has 1 aliphatic rings. The molecule has 3 nitrogen and oxygen atoms in total. The zero-order valence-electron chi connectivity index (χ0n) is 8.90. The molecule has 1 aliphatic carbocycles. The molecule has 80 valence electrons. The van der Waals surface area contributed by atoms with Crippen molar-refractivity contribution < 1.29 is 4.92 Å². The first kappa shape index (κ1) is 10.1. The third-order valence-electron chi connectivity index (χ3n) is 3.68. The van der Waals surface area contributed by atoms with E-state index in [0.29, 0.717) is 5.41 Å². The van der Waals surface area contributed by atoms with Crippen molar-refractivity contribution in [3.63, 3.8) is 0 Å². The van der Waals surface area contributed by atoms with E-state index < -0.39 is 0 Å². The number of benzene rings is 1. The lowest BCUT2D eigenvalue weighted by Crippen LogP contribution is -2.33. The topological polar surface area (TPSA) is 43.1 Å². The molecule has 0 amide bonds. The molecule has 1 fully saturated rings. The number of hydrogen-bond acceptors (Lipinski definition) is 2. The molecule has 0 saturated heterocycles. The van der Waals surface area contributed by atoms with Crippen LogP contribution in [-0.4, -0.2) is 4.92 Å². The fraction of sp³-hybridized carbons (Fsp3) is 0.500. The summed E-state index contributed by atoms with van der Waals surface area (Å²) in [5.74, 6) is 0. The van der Waals surface area contributed by atoms with E-state index in [-0.39, 0.29) is 10.6 Å². The zero-order chi connectivity index (χ0) is 10.9. The van der Waals surface area contributed by atoms with E-state index in [1.807, 2.05) is 12.1 Å².